The monoisotopic (exact) mass is 264 g/mol. The summed E-state index contributed by atoms with van der Waals surface area (Å²) in [5, 5.41) is 8.93. The van der Waals surface area contributed by atoms with Crippen molar-refractivity contribution in [1.29, 1.82) is 0 Å². The van der Waals surface area contributed by atoms with E-state index in [1.807, 2.05) is 0 Å². The second kappa shape index (κ2) is 4.60. The highest BCUT2D eigenvalue weighted by Crippen LogP contribution is 2.54. The van der Waals surface area contributed by atoms with Crippen LogP contribution in [0.3, 0.4) is 0 Å². The zero-order valence-corrected chi connectivity index (χ0v) is 9.80. The molecule has 1 rings (SSSR count). The Balaban J connectivity index is 2.56. The molecule has 3 N–H and O–H groups in total. The van der Waals surface area contributed by atoms with E-state index in [0.29, 0.717) is 0 Å². The molecule has 1 saturated carbocycles. The normalized spacial score (nSPS) is 27.3. The average molecular weight is 264 g/mol. The van der Waals surface area contributed by atoms with Gasteiger partial charge in [-0.25, -0.2) is 0 Å². The zero-order valence-electron chi connectivity index (χ0n) is 8.90. The summed E-state index contributed by atoms with van der Waals surface area (Å²) >= 11 is 0. The molecule has 0 saturated heterocycles. The van der Waals surface area contributed by atoms with Gasteiger partial charge in [-0.15, -0.1) is 6.58 Å². The number of hydrogen-bond acceptors (Lipinski definition) is 4. The number of ether oxygens (including phenoxy) is 1. The van der Waals surface area contributed by atoms with Crippen LogP contribution in [0.1, 0.15) is 6.42 Å². The number of allylic oxidation sites excluding steroid dienone is 1. The van der Waals surface area contributed by atoms with Gasteiger partial charge in [0.2, 0.25) is 0 Å². The Kier molecular flexibility index (Phi) is 3.76. The van der Waals surface area contributed by atoms with Gasteiger partial charge in [0.05, 0.1) is 6.16 Å². The number of carboxylic acid groups (broad SMARTS) is 1. The van der Waals surface area contributed by atoms with E-state index >= 15 is 0 Å². The Morgan fingerprint density at radius 1 is 1.53 bits per heavy atom. The van der Waals surface area contributed by atoms with Crippen molar-refractivity contribution in [2.24, 2.45) is 11.3 Å². The Bertz CT molecular complexity index is 398. The molecule has 0 aliphatic heterocycles. The van der Waals surface area contributed by atoms with Gasteiger partial charge in [-0.3, -0.25) is 14.2 Å². The fourth-order valence-electron chi connectivity index (χ4n) is 1.53. The minimum atomic E-state index is -4.24. The van der Waals surface area contributed by atoms with Crippen LogP contribution in [-0.2, 0) is 18.9 Å². The Morgan fingerprint density at radius 2 is 2.12 bits per heavy atom. The number of hydrogen-bond donors (Lipinski definition) is 3. The van der Waals surface area contributed by atoms with Gasteiger partial charge in [0.1, 0.15) is 6.61 Å². The van der Waals surface area contributed by atoms with Crippen LogP contribution in [0.25, 0.3) is 0 Å². The van der Waals surface area contributed by atoms with Crippen molar-refractivity contribution in [3.05, 3.63) is 12.7 Å². The lowest BCUT2D eigenvalue weighted by molar-refractivity contribution is -0.161. The third kappa shape index (κ3) is 2.94. The molecular formula is C9H13O7P. The molecule has 0 aromatic heterocycles. The summed E-state index contributed by atoms with van der Waals surface area (Å²) in [6, 6.07) is 0. The number of rotatable bonds is 6. The predicted octanol–water partition coefficient (Wildman–Crippen LogP) is -0.0158. The summed E-state index contributed by atoms with van der Waals surface area (Å²) in [6.07, 6.45) is 0.853. The minimum absolute atomic E-state index is 0.112. The largest absolute Gasteiger partial charge is 0.480 e. The summed E-state index contributed by atoms with van der Waals surface area (Å²) in [7, 11) is -4.24. The summed E-state index contributed by atoms with van der Waals surface area (Å²) in [6.45, 7) is 2.91. The molecule has 0 spiro atoms. The fraction of sp³-hybridized carbons (Fsp3) is 0.556. The number of esters is 1. The van der Waals surface area contributed by atoms with Crippen LogP contribution in [0.2, 0.25) is 0 Å². The number of carboxylic acids is 1. The van der Waals surface area contributed by atoms with Gasteiger partial charge in [-0.1, -0.05) is 6.08 Å². The SMILES string of the molecule is C=CC1CC1(C(=O)O)C(=O)OCCP(=O)(O)O. The van der Waals surface area contributed by atoms with Crippen LogP contribution in [0.5, 0.6) is 0 Å². The van der Waals surface area contributed by atoms with Crippen molar-refractivity contribution >= 4 is 19.5 Å². The molecule has 1 aliphatic carbocycles. The lowest BCUT2D eigenvalue weighted by atomic mass is 10.0. The maximum Gasteiger partial charge on any atom is 0.328 e. The number of carbonyl (C=O) groups excluding carboxylic acids is 1. The Hall–Kier alpha value is -1.17. The summed E-state index contributed by atoms with van der Waals surface area (Å²) in [5.74, 6) is -2.76. The van der Waals surface area contributed by atoms with Crippen molar-refractivity contribution in [2.75, 3.05) is 12.8 Å². The second-order valence-corrected chi connectivity index (χ2v) is 5.62. The van der Waals surface area contributed by atoms with E-state index < -0.39 is 43.6 Å². The minimum Gasteiger partial charge on any atom is -0.480 e. The van der Waals surface area contributed by atoms with Crippen LogP contribution in [0, 0.1) is 11.3 Å². The van der Waals surface area contributed by atoms with Crippen molar-refractivity contribution in [1.82, 2.24) is 0 Å². The van der Waals surface area contributed by atoms with Crippen molar-refractivity contribution in [2.45, 2.75) is 6.42 Å². The maximum absolute atomic E-state index is 11.5. The molecule has 2 atom stereocenters. The van der Waals surface area contributed by atoms with Crippen LogP contribution >= 0.6 is 7.60 Å². The zero-order chi connectivity index (χ0) is 13.3. The highest BCUT2D eigenvalue weighted by Gasteiger charge is 2.66. The van der Waals surface area contributed by atoms with E-state index in [0.717, 1.165) is 0 Å². The lowest BCUT2D eigenvalue weighted by Crippen LogP contribution is -2.30. The summed E-state index contributed by atoms with van der Waals surface area (Å²) < 4.78 is 15.1. The first kappa shape index (κ1) is 13.9. The molecule has 2 unspecified atom stereocenters. The van der Waals surface area contributed by atoms with E-state index in [1.165, 1.54) is 6.08 Å². The molecule has 1 aliphatic rings. The third-order valence-electron chi connectivity index (χ3n) is 2.66. The summed E-state index contributed by atoms with van der Waals surface area (Å²) in [5.41, 5.74) is -1.61. The Morgan fingerprint density at radius 3 is 2.47 bits per heavy atom. The lowest BCUT2D eigenvalue weighted by Gasteiger charge is -2.11. The third-order valence-corrected chi connectivity index (χ3v) is 3.43. The Labute approximate surface area is 97.2 Å². The highest BCUT2D eigenvalue weighted by molar-refractivity contribution is 7.51. The van der Waals surface area contributed by atoms with Gasteiger partial charge >= 0.3 is 19.5 Å². The molecule has 0 aromatic carbocycles. The van der Waals surface area contributed by atoms with Crippen LogP contribution in [0.4, 0.5) is 0 Å². The van der Waals surface area contributed by atoms with Crippen molar-refractivity contribution < 1.29 is 33.8 Å². The molecule has 1 fully saturated rings. The average Bonchev–Trinajstić information content (AvgIpc) is 2.90. The van der Waals surface area contributed by atoms with Gasteiger partial charge in [-0.2, -0.15) is 0 Å². The molecule has 0 amide bonds. The van der Waals surface area contributed by atoms with Crippen LogP contribution in [0.15, 0.2) is 12.7 Å². The highest BCUT2D eigenvalue weighted by atomic mass is 31.2. The van der Waals surface area contributed by atoms with E-state index in [2.05, 4.69) is 11.3 Å². The molecule has 17 heavy (non-hydrogen) atoms. The first-order valence-corrected chi connectivity index (χ1v) is 6.61. The number of carbonyl (C=O) groups is 2. The van der Waals surface area contributed by atoms with Crippen LogP contribution in [-0.4, -0.2) is 39.6 Å². The van der Waals surface area contributed by atoms with E-state index in [1.54, 1.807) is 0 Å². The van der Waals surface area contributed by atoms with Crippen LogP contribution < -0.4 is 0 Å². The van der Waals surface area contributed by atoms with E-state index in [9.17, 15) is 14.2 Å². The van der Waals surface area contributed by atoms with Gasteiger partial charge in [0.25, 0.3) is 0 Å². The van der Waals surface area contributed by atoms with Gasteiger partial charge < -0.3 is 19.6 Å². The predicted molar refractivity (Wildman–Crippen MR) is 56.2 cm³/mol. The second-order valence-electron chi connectivity index (χ2n) is 3.85. The molecule has 8 heteroatoms. The van der Waals surface area contributed by atoms with Crippen molar-refractivity contribution in [3.8, 4) is 0 Å². The fourth-order valence-corrected chi connectivity index (χ4v) is 1.86. The quantitative estimate of drug-likeness (QED) is 0.267. The maximum atomic E-state index is 11.5. The molecule has 0 radical (unpaired) electrons. The molecule has 0 aromatic rings. The van der Waals surface area contributed by atoms with E-state index in [-0.39, 0.29) is 6.42 Å². The van der Waals surface area contributed by atoms with Crippen molar-refractivity contribution in [3.63, 3.8) is 0 Å². The standard InChI is InChI=1S/C9H13O7P/c1-2-6-5-9(6,7(10)11)8(12)16-3-4-17(13,14)15/h2,6H,1,3-5H2,(H,10,11)(H2,13,14,15). The first-order valence-electron chi connectivity index (χ1n) is 4.82. The molecule has 0 heterocycles. The van der Waals surface area contributed by atoms with Gasteiger partial charge in [0, 0.05) is 5.92 Å². The molecule has 0 bridgehead atoms. The topological polar surface area (TPSA) is 121 Å². The molecular weight excluding hydrogens is 251 g/mol. The number of aliphatic carboxylic acids is 1. The van der Waals surface area contributed by atoms with Gasteiger partial charge in [-0.05, 0) is 6.42 Å². The van der Waals surface area contributed by atoms with Gasteiger partial charge in [0.15, 0.2) is 5.41 Å². The summed E-state index contributed by atoms with van der Waals surface area (Å²) in [4.78, 5) is 39.6. The van der Waals surface area contributed by atoms with E-state index in [4.69, 9.17) is 14.9 Å². The molecule has 7 nitrogen and oxygen atoms in total. The smallest absolute Gasteiger partial charge is 0.328 e. The molecule has 96 valence electrons. The first-order chi connectivity index (χ1) is 7.74.